The molecule has 0 unspecified atom stereocenters. The van der Waals surface area contributed by atoms with E-state index in [1.807, 2.05) is 6.07 Å². The fourth-order valence-electron chi connectivity index (χ4n) is 3.73. The van der Waals surface area contributed by atoms with Crippen LogP contribution in [-0.2, 0) is 17.9 Å². The molecule has 0 saturated carbocycles. The summed E-state index contributed by atoms with van der Waals surface area (Å²) in [5.41, 5.74) is 1.60. The van der Waals surface area contributed by atoms with Crippen LogP contribution in [0.25, 0.3) is 0 Å². The number of carbonyl (C=O) groups is 1. The Kier molecular flexibility index (Phi) is 6.81. The lowest BCUT2D eigenvalue weighted by atomic mass is 10.2. The summed E-state index contributed by atoms with van der Waals surface area (Å²) < 4.78 is 6.38. The van der Waals surface area contributed by atoms with Crippen molar-refractivity contribution in [1.29, 1.82) is 0 Å². The van der Waals surface area contributed by atoms with Gasteiger partial charge in [-0.1, -0.05) is 36.4 Å². The van der Waals surface area contributed by atoms with Gasteiger partial charge in [-0.05, 0) is 23.8 Å². The van der Waals surface area contributed by atoms with Crippen molar-refractivity contribution in [3.8, 4) is 5.75 Å². The highest BCUT2D eigenvalue weighted by Gasteiger charge is 2.19. The standard InChI is InChI=1S/C24H27N5O3/c1-32-21-9-5-8-20(16-21)25-23(30)18-29-24(31)11-10-22(26-29)28-14-12-27(13-15-28)17-19-6-3-2-4-7-19/h2-11,16H,12-15,17-18H2,1H3,(H,25,30). The van der Waals surface area contributed by atoms with E-state index in [2.05, 4.69) is 44.5 Å². The predicted molar refractivity (Wildman–Crippen MR) is 124 cm³/mol. The second-order valence-electron chi connectivity index (χ2n) is 7.72. The average Bonchev–Trinajstić information content (AvgIpc) is 2.82. The van der Waals surface area contributed by atoms with Crippen LogP contribution in [0.5, 0.6) is 5.75 Å². The first-order valence-electron chi connectivity index (χ1n) is 10.6. The third kappa shape index (κ3) is 5.53. The van der Waals surface area contributed by atoms with Crippen molar-refractivity contribution in [2.24, 2.45) is 0 Å². The van der Waals surface area contributed by atoms with Gasteiger partial charge in [0.25, 0.3) is 5.56 Å². The topological polar surface area (TPSA) is 79.7 Å². The third-order valence-electron chi connectivity index (χ3n) is 5.44. The van der Waals surface area contributed by atoms with Gasteiger partial charge in [-0.25, -0.2) is 4.68 Å². The number of ether oxygens (including phenoxy) is 1. The molecule has 0 aliphatic carbocycles. The van der Waals surface area contributed by atoms with E-state index in [-0.39, 0.29) is 18.0 Å². The van der Waals surface area contributed by atoms with Gasteiger partial charge in [-0.3, -0.25) is 14.5 Å². The minimum absolute atomic E-state index is 0.155. The van der Waals surface area contributed by atoms with Crippen LogP contribution in [0.3, 0.4) is 0 Å². The van der Waals surface area contributed by atoms with Crippen molar-refractivity contribution < 1.29 is 9.53 Å². The molecule has 1 aromatic heterocycles. The Labute approximate surface area is 187 Å². The number of nitrogens with zero attached hydrogens (tertiary/aromatic N) is 4. The van der Waals surface area contributed by atoms with E-state index in [4.69, 9.17) is 4.74 Å². The number of benzene rings is 2. The molecule has 0 radical (unpaired) electrons. The first kappa shape index (κ1) is 21.6. The fourth-order valence-corrected chi connectivity index (χ4v) is 3.73. The Balaban J connectivity index is 1.36. The van der Waals surface area contributed by atoms with Crippen molar-refractivity contribution in [2.45, 2.75) is 13.1 Å². The van der Waals surface area contributed by atoms with E-state index in [1.54, 1.807) is 37.4 Å². The Morgan fingerprint density at radius 3 is 2.53 bits per heavy atom. The number of amides is 1. The summed E-state index contributed by atoms with van der Waals surface area (Å²) in [4.78, 5) is 29.3. The Hall–Kier alpha value is -3.65. The van der Waals surface area contributed by atoms with Crippen LogP contribution < -0.4 is 20.5 Å². The molecule has 8 nitrogen and oxygen atoms in total. The number of rotatable bonds is 7. The van der Waals surface area contributed by atoms with E-state index >= 15 is 0 Å². The minimum Gasteiger partial charge on any atom is -0.497 e. The molecule has 4 rings (SSSR count). The average molecular weight is 434 g/mol. The largest absolute Gasteiger partial charge is 0.497 e. The molecule has 3 aromatic rings. The smallest absolute Gasteiger partial charge is 0.267 e. The summed E-state index contributed by atoms with van der Waals surface area (Å²) in [7, 11) is 1.57. The van der Waals surface area contributed by atoms with Crippen molar-refractivity contribution in [2.75, 3.05) is 43.5 Å². The molecule has 1 amide bonds. The molecule has 2 aromatic carbocycles. The van der Waals surface area contributed by atoms with Gasteiger partial charge >= 0.3 is 0 Å². The van der Waals surface area contributed by atoms with E-state index in [0.717, 1.165) is 32.7 Å². The van der Waals surface area contributed by atoms with Gasteiger partial charge in [0.05, 0.1) is 7.11 Å². The monoisotopic (exact) mass is 433 g/mol. The van der Waals surface area contributed by atoms with Crippen LogP contribution in [-0.4, -0.2) is 53.9 Å². The second kappa shape index (κ2) is 10.1. The lowest BCUT2D eigenvalue weighted by Crippen LogP contribution is -2.46. The number of carbonyl (C=O) groups excluding carboxylic acids is 1. The lowest BCUT2D eigenvalue weighted by molar-refractivity contribution is -0.117. The summed E-state index contributed by atoms with van der Waals surface area (Å²) in [6.07, 6.45) is 0. The van der Waals surface area contributed by atoms with Gasteiger partial charge in [-0.15, -0.1) is 0 Å². The van der Waals surface area contributed by atoms with Crippen LogP contribution in [0, 0.1) is 0 Å². The Morgan fingerprint density at radius 2 is 1.78 bits per heavy atom. The first-order valence-corrected chi connectivity index (χ1v) is 10.6. The minimum atomic E-state index is -0.322. The zero-order valence-electron chi connectivity index (χ0n) is 18.1. The summed E-state index contributed by atoms with van der Waals surface area (Å²) in [5.74, 6) is 1.03. The molecular formula is C24H27N5O3. The molecule has 1 fully saturated rings. The molecule has 32 heavy (non-hydrogen) atoms. The van der Waals surface area contributed by atoms with Crippen LogP contribution in [0.2, 0.25) is 0 Å². The van der Waals surface area contributed by atoms with E-state index in [9.17, 15) is 9.59 Å². The van der Waals surface area contributed by atoms with Crippen molar-refractivity contribution in [1.82, 2.24) is 14.7 Å². The van der Waals surface area contributed by atoms with E-state index in [1.165, 1.54) is 16.3 Å². The fraction of sp³-hybridized carbons (Fsp3) is 0.292. The Morgan fingerprint density at radius 1 is 1.00 bits per heavy atom. The second-order valence-corrected chi connectivity index (χ2v) is 7.72. The van der Waals surface area contributed by atoms with Crippen molar-refractivity contribution >= 4 is 17.4 Å². The van der Waals surface area contributed by atoms with Gasteiger partial charge in [-0.2, -0.15) is 5.10 Å². The molecule has 0 bridgehead atoms. The van der Waals surface area contributed by atoms with Gasteiger partial charge in [0.1, 0.15) is 18.1 Å². The van der Waals surface area contributed by atoms with E-state index in [0.29, 0.717) is 17.3 Å². The van der Waals surface area contributed by atoms with Crippen molar-refractivity contribution in [3.63, 3.8) is 0 Å². The quantitative estimate of drug-likeness (QED) is 0.616. The maximum Gasteiger partial charge on any atom is 0.267 e. The normalized spacial score (nSPS) is 14.2. The summed E-state index contributed by atoms with van der Waals surface area (Å²) in [6.45, 7) is 4.21. The number of piperazine rings is 1. The van der Waals surface area contributed by atoms with Gasteiger partial charge in [0.2, 0.25) is 5.91 Å². The predicted octanol–water partition coefficient (Wildman–Crippen LogP) is 2.21. The number of hydrogen-bond acceptors (Lipinski definition) is 6. The van der Waals surface area contributed by atoms with Crippen LogP contribution in [0.4, 0.5) is 11.5 Å². The van der Waals surface area contributed by atoms with Gasteiger partial charge in [0.15, 0.2) is 0 Å². The van der Waals surface area contributed by atoms with Gasteiger partial charge in [0, 0.05) is 50.5 Å². The summed E-state index contributed by atoms with van der Waals surface area (Å²) >= 11 is 0. The number of methoxy groups -OCH3 is 1. The SMILES string of the molecule is COc1cccc(NC(=O)Cn2nc(N3CCN(Cc4ccccc4)CC3)ccc2=O)c1. The lowest BCUT2D eigenvalue weighted by Gasteiger charge is -2.35. The maximum atomic E-state index is 12.5. The molecule has 1 aliphatic heterocycles. The highest BCUT2D eigenvalue weighted by atomic mass is 16.5. The van der Waals surface area contributed by atoms with Crippen molar-refractivity contribution in [3.05, 3.63) is 82.6 Å². The molecule has 0 spiro atoms. The van der Waals surface area contributed by atoms with Gasteiger partial charge < -0.3 is 15.0 Å². The highest BCUT2D eigenvalue weighted by Crippen LogP contribution is 2.17. The zero-order chi connectivity index (χ0) is 22.3. The number of hydrogen-bond donors (Lipinski definition) is 1. The van der Waals surface area contributed by atoms with Crippen LogP contribution >= 0.6 is 0 Å². The number of anilines is 2. The van der Waals surface area contributed by atoms with E-state index < -0.39 is 0 Å². The van der Waals surface area contributed by atoms with Crippen LogP contribution in [0.15, 0.2) is 71.5 Å². The molecule has 2 heterocycles. The first-order chi connectivity index (χ1) is 15.6. The molecule has 8 heteroatoms. The number of nitrogens with one attached hydrogen (secondary N) is 1. The molecule has 1 saturated heterocycles. The summed E-state index contributed by atoms with van der Waals surface area (Å²) in [6, 6.07) is 20.7. The maximum absolute atomic E-state index is 12.5. The molecule has 1 N–H and O–H groups in total. The Bertz CT molecular complexity index is 1110. The third-order valence-corrected chi connectivity index (χ3v) is 5.44. The zero-order valence-corrected chi connectivity index (χ0v) is 18.1. The molecule has 1 aliphatic rings. The molecule has 0 atom stereocenters. The highest BCUT2D eigenvalue weighted by molar-refractivity contribution is 5.90. The van der Waals surface area contributed by atoms with Crippen LogP contribution in [0.1, 0.15) is 5.56 Å². The summed E-state index contributed by atoms with van der Waals surface area (Å²) in [5, 5.41) is 7.23. The number of aromatic nitrogens is 2. The molecule has 166 valence electrons. The molecular weight excluding hydrogens is 406 g/mol.